The summed E-state index contributed by atoms with van der Waals surface area (Å²) < 4.78 is 15.7. The van der Waals surface area contributed by atoms with Gasteiger partial charge in [0.05, 0.1) is 0 Å². The van der Waals surface area contributed by atoms with Crippen molar-refractivity contribution in [1.82, 2.24) is 19.9 Å². The van der Waals surface area contributed by atoms with Crippen LogP contribution in [0.2, 0.25) is 0 Å². The first-order valence-corrected chi connectivity index (χ1v) is 19.4. The van der Waals surface area contributed by atoms with Crippen LogP contribution in [0.1, 0.15) is 0 Å². The Labute approximate surface area is 308 Å². The molecule has 230 valence electrons. The van der Waals surface area contributed by atoms with E-state index in [1.807, 2.05) is 91.0 Å². The van der Waals surface area contributed by atoms with Crippen LogP contribution in [0.3, 0.4) is 0 Å². The zero-order chi connectivity index (χ0) is 30.0. The maximum atomic E-state index is 6.31. The molecule has 0 aliphatic carbocycles. The Kier molecular flexibility index (Phi) is 10.5. The Bertz CT molecular complexity index is 2010. The molecule has 0 radical (unpaired) electrons. The molecule has 0 N–H and O–H groups in total. The summed E-state index contributed by atoms with van der Waals surface area (Å²) in [5, 5.41) is 0. The number of pyridine rings is 2. The van der Waals surface area contributed by atoms with Crippen molar-refractivity contribution < 1.29 is 51.0 Å². The summed E-state index contributed by atoms with van der Waals surface area (Å²) >= 11 is -3.02. The average Bonchev–Trinajstić information content (AvgIpc) is 3.42. The Balaban J connectivity index is 0.00000193. The normalized spacial score (nSPS) is 11.4. The topological polar surface area (TPSA) is 70.0 Å². The molecule has 0 bridgehead atoms. The van der Waals surface area contributed by atoms with Crippen molar-refractivity contribution in [2.45, 2.75) is 0 Å². The first kappa shape index (κ1) is 33.0. The van der Waals surface area contributed by atoms with Crippen molar-refractivity contribution >= 4 is 31.8 Å². The van der Waals surface area contributed by atoms with Gasteiger partial charge in [-0.25, -0.2) is 0 Å². The third kappa shape index (κ3) is 7.03. The molecule has 0 saturated heterocycles. The van der Waals surface area contributed by atoms with Crippen molar-refractivity contribution in [3.8, 4) is 56.6 Å². The number of hydrogen-bond acceptors (Lipinski definition) is 6. The predicted molar refractivity (Wildman–Crippen MR) is 173 cm³/mol. The minimum absolute atomic E-state index is 0. The van der Waals surface area contributed by atoms with E-state index >= 15 is 0 Å². The van der Waals surface area contributed by atoms with Gasteiger partial charge >= 0.3 is 312 Å². The SMILES string of the molecule is [Pd+2].[Pt+2].[c-]1c(Oc2[c-][c]3c(cc2)-c2ccc(Oc4[c-]c(-c5ccccn5)ccc4)[c-][c]2[Bi]3[c]2ncccn2)cccc1-c1ccccn1. The van der Waals surface area contributed by atoms with Crippen molar-refractivity contribution in [3.05, 3.63) is 152 Å². The molecular formula is C38H21BiN4O2PdPt. The van der Waals surface area contributed by atoms with Crippen LogP contribution in [-0.2, 0) is 41.5 Å². The summed E-state index contributed by atoms with van der Waals surface area (Å²) in [6, 6.07) is 47.0. The molecule has 4 aromatic carbocycles. The van der Waals surface area contributed by atoms with Crippen LogP contribution < -0.4 is 19.5 Å². The molecule has 1 aliphatic heterocycles. The van der Waals surface area contributed by atoms with E-state index in [1.165, 1.54) is 0 Å². The molecule has 8 rings (SSSR count). The van der Waals surface area contributed by atoms with E-state index in [4.69, 9.17) is 19.4 Å². The summed E-state index contributed by atoms with van der Waals surface area (Å²) in [5.74, 6) is 2.42. The molecule has 9 heteroatoms. The van der Waals surface area contributed by atoms with Crippen molar-refractivity contribution in [1.29, 1.82) is 0 Å². The van der Waals surface area contributed by atoms with E-state index in [2.05, 4.69) is 46.4 Å². The fraction of sp³-hybridized carbons (Fsp3) is 0. The first-order chi connectivity index (χ1) is 22.3. The van der Waals surface area contributed by atoms with Crippen LogP contribution >= 0.6 is 0 Å². The second-order valence-electron chi connectivity index (χ2n) is 10.0. The maximum absolute atomic E-state index is 6.31. The Morgan fingerprint density at radius 2 is 0.915 bits per heavy atom. The van der Waals surface area contributed by atoms with E-state index in [-0.39, 0.29) is 41.5 Å². The quantitative estimate of drug-likeness (QED) is 0.147. The molecule has 3 aromatic heterocycles. The Hall–Kier alpha value is -3.91. The fourth-order valence-corrected chi connectivity index (χ4v) is 14.1. The van der Waals surface area contributed by atoms with E-state index < -0.39 is 21.8 Å². The van der Waals surface area contributed by atoms with Gasteiger partial charge in [0.15, 0.2) is 0 Å². The summed E-state index contributed by atoms with van der Waals surface area (Å²) in [5.41, 5.74) is 5.62. The molecule has 0 atom stereocenters. The van der Waals surface area contributed by atoms with E-state index in [9.17, 15) is 0 Å². The van der Waals surface area contributed by atoms with Crippen LogP contribution in [0.15, 0.2) is 128 Å². The molecule has 47 heavy (non-hydrogen) atoms. The van der Waals surface area contributed by atoms with Crippen molar-refractivity contribution in [3.63, 3.8) is 0 Å². The van der Waals surface area contributed by atoms with Gasteiger partial charge in [-0.05, 0) is 0 Å². The van der Waals surface area contributed by atoms with Crippen LogP contribution in [-0.4, -0.2) is 41.7 Å². The fourth-order valence-electron chi connectivity index (χ4n) is 5.15. The molecule has 0 unspecified atom stereocenters. The number of benzene rings is 4. The summed E-state index contributed by atoms with van der Waals surface area (Å²) in [6.45, 7) is 0. The van der Waals surface area contributed by atoms with Gasteiger partial charge in [0.1, 0.15) is 0 Å². The summed E-state index contributed by atoms with van der Waals surface area (Å²) in [4.78, 5) is 18.3. The number of ether oxygens (including phenoxy) is 2. The minimum atomic E-state index is -3.02. The molecular weight excluding hydrogens is 1050 g/mol. The zero-order valence-corrected chi connectivity index (χ0v) is 31.6. The van der Waals surface area contributed by atoms with Gasteiger partial charge in [0, 0.05) is 0 Å². The van der Waals surface area contributed by atoms with Gasteiger partial charge in [0.25, 0.3) is 0 Å². The molecule has 1 aliphatic rings. The van der Waals surface area contributed by atoms with Gasteiger partial charge in [-0.1, -0.05) is 0 Å². The summed E-state index contributed by atoms with van der Waals surface area (Å²) in [7, 11) is 0. The number of aromatic nitrogens is 4. The number of nitrogens with zero attached hydrogens (tertiary/aromatic N) is 4. The predicted octanol–water partition coefficient (Wildman–Crippen LogP) is 5.88. The number of hydrogen-bond donors (Lipinski definition) is 0. The van der Waals surface area contributed by atoms with Crippen LogP contribution in [0.25, 0.3) is 33.6 Å². The second kappa shape index (κ2) is 14.9. The van der Waals surface area contributed by atoms with Crippen LogP contribution in [0.5, 0.6) is 23.0 Å². The Morgan fingerprint density at radius 3 is 1.38 bits per heavy atom. The van der Waals surface area contributed by atoms with Gasteiger partial charge in [-0.3, -0.25) is 0 Å². The monoisotopic (exact) mass is 1080 g/mol. The summed E-state index contributed by atoms with van der Waals surface area (Å²) in [6.07, 6.45) is 7.14. The molecule has 4 heterocycles. The molecule has 6 nitrogen and oxygen atoms in total. The molecule has 7 aromatic rings. The number of rotatable bonds is 7. The van der Waals surface area contributed by atoms with Crippen LogP contribution in [0, 0.1) is 24.3 Å². The van der Waals surface area contributed by atoms with Gasteiger partial charge in [-0.15, -0.1) is 0 Å². The second-order valence-corrected chi connectivity index (χ2v) is 17.7. The van der Waals surface area contributed by atoms with E-state index in [1.54, 1.807) is 24.8 Å². The zero-order valence-electron chi connectivity index (χ0n) is 24.3. The van der Waals surface area contributed by atoms with Gasteiger partial charge in [-0.2, -0.15) is 0 Å². The molecule has 0 spiro atoms. The molecule has 0 saturated carbocycles. The Morgan fingerprint density at radius 1 is 0.447 bits per heavy atom. The van der Waals surface area contributed by atoms with Crippen molar-refractivity contribution in [2.24, 2.45) is 0 Å². The molecule has 0 fully saturated rings. The van der Waals surface area contributed by atoms with Crippen LogP contribution in [0.4, 0.5) is 0 Å². The first-order valence-electron chi connectivity index (χ1n) is 14.2. The molecule has 0 amide bonds. The standard InChI is InChI=1S/C34H18N2O2.C4H3N2.Bi.Pd.Pt/c1-3-21-35-33(11-1)27-7-5-9-31(23-27)37-29-17-13-25(14-18-29)26-15-19-30(20-16-26)38-32-10-6-8-28(24-32)34-12-2-4-22-36-34;1-2-5-4-6-3-1;;;/h1-13,15,17,19,21-22H;1-3H;;;/q-4;;;2*+2. The van der Waals surface area contributed by atoms with Gasteiger partial charge in [0.2, 0.25) is 0 Å². The van der Waals surface area contributed by atoms with E-state index in [0.717, 1.165) is 43.7 Å². The third-order valence-electron chi connectivity index (χ3n) is 7.14. The third-order valence-corrected chi connectivity index (χ3v) is 15.8. The average molecular weight is 1080 g/mol. The van der Waals surface area contributed by atoms with Crippen molar-refractivity contribution in [2.75, 3.05) is 0 Å². The van der Waals surface area contributed by atoms with E-state index in [0.29, 0.717) is 23.0 Å². The van der Waals surface area contributed by atoms with Gasteiger partial charge < -0.3 is 0 Å². The number of fused-ring (bicyclic) bond motifs is 3.